The summed E-state index contributed by atoms with van der Waals surface area (Å²) in [5.74, 6) is -0.0820. The first-order valence-corrected chi connectivity index (χ1v) is 8.05. The van der Waals surface area contributed by atoms with E-state index < -0.39 is 0 Å². The van der Waals surface area contributed by atoms with Crippen LogP contribution in [0.4, 0.5) is 0 Å². The molecule has 0 aliphatic heterocycles. The topological polar surface area (TPSA) is 46.9 Å². The van der Waals surface area contributed by atoms with Crippen molar-refractivity contribution in [2.45, 2.75) is 31.3 Å². The van der Waals surface area contributed by atoms with Crippen molar-refractivity contribution in [3.05, 3.63) is 52.0 Å². The molecule has 1 aliphatic carbocycles. The molecular formula is C15H15BrClN3O. The summed E-state index contributed by atoms with van der Waals surface area (Å²) in [5, 5.41) is 3.66. The van der Waals surface area contributed by atoms with Crippen molar-refractivity contribution in [1.82, 2.24) is 14.9 Å². The van der Waals surface area contributed by atoms with Gasteiger partial charge in [-0.15, -0.1) is 0 Å². The van der Waals surface area contributed by atoms with Gasteiger partial charge in [-0.3, -0.25) is 4.79 Å². The summed E-state index contributed by atoms with van der Waals surface area (Å²) in [5.41, 5.74) is 0.583. The number of carbonyl (C=O) groups is 1. The number of hydrogen-bond acceptors (Lipinski definition) is 2. The largest absolute Gasteiger partial charge is 0.347 e. The van der Waals surface area contributed by atoms with Crippen LogP contribution in [0.5, 0.6) is 0 Å². The van der Waals surface area contributed by atoms with Gasteiger partial charge >= 0.3 is 0 Å². The Labute approximate surface area is 136 Å². The number of benzene rings is 1. The van der Waals surface area contributed by atoms with E-state index in [2.05, 4.69) is 30.8 Å². The van der Waals surface area contributed by atoms with E-state index in [1.165, 1.54) is 0 Å². The lowest BCUT2D eigenvalue weighted by Crippen LogP contribution is -2.38. The van der Waals surface area contributed by atoms with Gasteiger partial charge < -0.3 is 9.88 Å². The van der Waals surface area contributed by atoms with E-state index in [1.54, 1.807) is 24.4 Å². The first kappa shape index (κ1) is 14.6. The summed E-state index contributed by atoms with van der Waals surface area (Å²) in [6.45, 7) is 0. The first-order chi connectivity index (χ1) is 10.1. The molecule has 2 unspecified atom stereocenters. The molecule has 0 saturated heterocycles. The summed E-state index contributed by atoms with van der Waals surface area (Å²) in [7, 11) is 0. The molecule has 2 aromatic rings. The molecule has 3 rings (SSSR count). The molecule has 1 aliphatic rings. The Balaban J connectivity index is 1.73. The summed E-state index contributed by atoms with van der Waals surface area (Å²) < 4.78 is 2.87. The quantitative estimate of drug-likeness (QED) is 0.895. The number of aromatic nitrogens is 2. The number of nitrogens with zero attached hydrogens (tertiary/aromatic N) is 2. The lowest BCUT2D eigenvalue weighted by atomic mass is 10.1. The van der Waals surface area contributed by atoms with Crippen LogP contribution >= 0.6 is 27.5 Å². The normalized spacial score (nSPS) is 21.4. The second-order valence-corrected chi connectivity index (χ2v) is 6.48. The number of carbonyl (C=O) groups excluding carboxylic acids is 1. The van der Waals surface area contributed by atoms with Gasteiger partial charge in [0.25, 0.3) is 5.91 Å². The van der Waals surface area contributed by atoms with Gasteiger partial charge in [-0.25, -0.2) is 4.98 Å². The van der Waals surface area contributed by atoms with Gasteiger partial charge in [0.05, 0.1) is 17.4 Å². The fourth-order valence-electron chi connectivity index (χ4n) is 2.82. The van der Waals surface area contributed by atoms with Gasteiger partial charge in [-0.2, -0.15) is 0 Å². The predicted molar refractivity (Wildman–Crippen MR) is 85.5 cm³/mol. The average Bonchev–Trinajstić information content (AvgIpc) is 3.12. The molecule has 0 radical (unpaired) electrons. The molecule has 1 fully saturated rings. The molecule has 1 heterocycles. The molecule has 0 bridgehead atoms. The number of imidazole rings is 1. The fourth-order valence-corrected chi connectivity index (χ4v) is 3.25. The Morgan fingerprint density at radius 2 is 2.29 bits per heavy atom. The van der Waals surface area contributed by atoms with E-state index in [-0.39, 0.29) is 18.0 Å². The molecule has 1 aromatic carbocycles. The molecule has 21 heavy (non-hydrogen) atoms. The molecule has 110 valence electrons. The van der Waals surface area contributed by atoms with E-state index >= 15 is 0 Å². The Morgan fingerprint density at radius 3 is 3.00 bits per heavy atom. The van der Waals surface area contributed by atoms with Crippen molar-refractivity contribution in [2.24, 2.45) is 0 Å². The number of rotatable bonds is 3. The molecule has 4 nitrogen and oxygen atoms in total. The number of amides is 1. The van der Waals surface area contributed by atoms with Gasteiger partial charge in [-0.05, 0) is 53.4 Å². The first-order valence-electron chi connectivity index (χ1n) is 6.88. The van der Waals surface area contributed by atoms with Gasteiger partial charge in [0, 0.05) is 28.5 Å². The Morgan fingerprint density at radius 1 is 1.43 bits per heavy atom. The Kier molecular flexibility index (Phi) is 4.31. The van der Waals surface area contributed by atoms with E-state index in [0.717, 1.165) is 23.7 Å². The highest BCUT2D eigenvalue weighted by Crippen LogP contribution is 2.30. The Hall–Kier alpha value is -1.33. The predicted octanol–water partition coefficient (Wildman–Crippen LogP) is 3.82. The van der Waals surface area contributed by atoms with Crippen molar-refractivity contribution in [3.63, 3.8) is 0 Å². The molecule has 0 spiro atoms. The SMILES string of the molecule is O=C(NC1CCCC1n1ccnc1)c1ccc(Br)c(Cl)c1. The smallest absolute Gasteiger partial charge is 0.251 e. The van der Waals surface area contributed by atoms with Crippen LogP contribution in [0.25, 0.3) is 0 Å². The van der Waals surface area contributed by atoms with Crippen LogP contribution in [0.3, 0.4) is 0 Å². The maximum atomic E-state index is 12.4. The maximum absolute atomic E-state index is 12.4. The van der Waals surface area contributed by atoms with Crippen molar-refractivity contribution in [1.29, 1.82) is 0 Å². The minimum Gasteiger partial charge on any atom is -0.347 e. The molecular weight excluding hydrogens is 354 g/mol. The molecule has 1 aromatic heterocycles. The van der Waals surface area contributed by atoms with E-state index in [9.17, 15) is 4.79 Å². The molecule has 2 atom stereocenters. The standard InChI is InChI=1S/C15H15BrClN3O/c16-11-5-4-10(8-12(11)17)15(21)19-13-2-1-3-14(13)20-7-6-18-9-20/h4-9,13-14H,1-3H2,(H,19,21). The summed E-state index contributed by atoms with van der Waals surface area (Å²) in [6.07, 6.45) is 8.68. The number of hydrogen-bond donors (Lipinski definition) is 1. The van der Waals surface area contributed by atoms with Crippen LogP contribution < -0.4 is 5.32 Å². The van der Waals surface area contributed by atoms with Crippen molar-refractivity contribution in [2.75, 3.05) is 0 Å². The van der Waals surface area contributed by atoms with Gasteiger partial charge in [0.1, 0.15) is 0 Å². The number of halogens is 2. The highest BCUT2D eigenvalue weighted by atomic mass is 79.9. The lowest BCUT2D eigenvalue weighted by Gasteiger charge is -2.22. The van der Waals surface area contributed by atoms with Crippen molar-refractivity contribution in [3.8, 4) is 0 Å². The minimum absolute atomic E-state index is 0.0820. The third-order valence-electron chi connectivity index (χ3n) is 3.89. The fraction of sp³-hybridized carbons (Fsp3) is 0.333. The highest BCUT2D eigenvalue weighted by Gasteiger charge is 2.29. The van der Waals surface area contributed by atoms with Crippen LogP contribution in [0.1, 0.15) is 35.7 Å². The summed E-state index contributed by atoms with van der Waals surface area (Å²) in [4.78, 5) is 16.5. The highest BCUT2D eigenvalue weighted by molar-refractivity contribution is 9.10. The van der Waals surface area contributed by atoms with Crippen molar-refractivity contribution < 1.29 is 4.79 Å². The van der Waals surface area contributed by atoms with Crippen LogP contribution in [0.2, 0.25) is 5.02 Å². The monoisotopic (exact) mass is 367 g/mol. The second kappa shape index (κ2) is 6.20. The molecule has 1 amide bonds. The maximum Gasteiger partial charge on any atom is 0.251 e. The van der Waals surface area contributed by atoms with E-state index in [1.807, 2.05) is 12.5 Å². The lowest BCUT2D eigenvalue weighted by molar-refractivity contribution is 0.0929. The van der Waals surface area contributed by atoms with Crippen LogP contribution in [0.15, 0.2) is 41.4 Å². The molecule has 1 saturated carbocycles. The second-order valence-electron chi connectivity index (χ2n) is 5.22. The zero-order chi connectivity index (χ0) is 14.8. The third kappa shape index (κ3) is 3.14. The van der Waals surface area contributed by atoms with Crippen LogP contribution in [-0.2, 0) is 0 Å². The average molecular weight is 369 g/mol. The van der Waals surface area contributed by atoms with Gasteiger partial charge in [0.2, 0.25) is 0 Å². The summed E-state index contributed by atoms with van der Waals surface area (Å²) >= 11 is 9.37. The van der Waals surface area contributed by atoms with Crippen LogP contribution in [-0.4, -0.2) is 21.5 Å². The van der Waals surface area contributed by atoms with Crippen molar-refractivity contribution >= 4 is 33.4 Å². The van der Waals surface area contributed by atoms with Gasteiger partial charge in [0.15, 0.2) is 0 Å². The molecule has 6 heteroatoms. The Bertz CT molecular complexity index is 644. The zero-order valence-corrected chi connectivity index (χ0v) is 13.6. The van der Waals surface area contributed by atoms with Gasteiger partial charge in [-0.1, -0.05) is 11.6 Å². The number of nitrogens with one attached hydrogen (secondary N) is 1. The molecule has 1 N–H and O–H groups in total. The summed E-state index contributed by atoms with van der Waals surface area (Å²) in [6, 6.07) is 5.66. The van der Waals surface area contributed by atoms with E-state index in [0.29, 0.717) is 10.6 Å². The third-order valence-corrected chi connectivity index (χ3v) is 5.12. The minimum atomic E-state index is -0.0820. The van der Waals surface area contributed by atoms with Crippen LogP contribution in [0, 0.1) is 0 Å². The zero-order valence-electron chi connectivity index (χ0n) is 11.3. The van der Waals surface area contributed by atoms with E-state index in [4.69, 9.17) is 11.6 Å².